The highest BCUT2D eigenvalue weighted by Gasteiger charge is 2.19. The molecule has 0 saturated carbocycles. The molecular weight excluding hydrogens is 242 g/mol. The molecule has 0 radical (unpaired) electrons. The molecule has 2 nitrogen and oxygen atoms in total. The molecule has 1 aromatic carbocycles. The van der Waals surface area contributed by atoms with Crippen molar-refractivity contribution < 1.29 is 5.11 Å². The van der Waals surface area contributed by atoms with E-state index in [2.05, 4.69) is 29.8 Å². The van der Waals surface area contributed by atoms with Crippen LogP contribution in [0, 0.1) is 5.41 Å². The molecule has 14 heavy (non-hydrogen) atoms. The second-order valence-electron chi connectivity index (χ2n) is 4.28. The molecule has 0 unspecified atom stereocenters. The Labute approximate surface area is 93.3 Å². The largest absolute Gasteiger partial charge is 0.508 e. The Balaban J connectivity index is 2.97. The van der Waals surface area contributed by atoms with Gasteiger partial charge in [-0.3, -0.25) is 0 Å². The number of aromatic hydroxyl groups is 1. The molecule has 0 aliphatic heterocycles. The van der Waals surface area contributed by atoms with E-state index in [-0.39, 0.29) is 5.41 Å². The van der Waals surface area contributed by atoms with Crippen LogP contribution >= 0.6 is 15.9 Å². The zero-order valence-electron chi connectivity index (χ0n) is 8.55. The maximum atomic E-state index is 9.68. The van der Waals surface area contributed by atoms with Gasteiger partial charge in [0.25, 0.3) is 0 Å². The van der Waals surface area contributed by atoms with Crippen molar-refractivity contribution in [1.29, 1.82) is 0 Å². The van der Waals surface area contributed by atoms with Gasteiger partial charge in [0.05, 0.1) is 0 Å². The normalized spacial score (nSPS) is 11.7. The Morgan fingerprint density at radius 3 is 2.57 bits per heavy atom. The zero-order chi connectivity index (χ0) is 10.8. The minimum absolute atomic E-state index is 0.0152. The van der Waals surface area contributed by atoms with Crippen LogP contribution in [0.4, 0.5) is 0 Å². The summed E-state index contributed by atoms with van der Waals surface area (Å²) < 4.78 is 0.944. The van der Waals surface area contributed by atoms with Gasteiger partial charge in [-0.15, -0.1) is 0 Å². The van der Waals surface area contributed by atoms with Crippen LogP contribution in [-0.2, 0) is 6.42 Å². The van der Waals surface area contributed by atoms with Crippen LogP contribution in [0.25, 0.3) is 0 Å². The van der Waals surface area contributed by atoms with Crippen molar-refractivity contribution >= 4 is 15.9 Å². The average Bonchev–Trinajstić information content (AvgIpc) is 2.12. The lowest BCUT2D eigenvalue weighted by molar-refractivity contribution is 0.365. The van der Waals surface area contributed by atoms with Crippen molar-refractivity contribution in [1.82, 2.24) is 0 Å². The molecule has 3 heteroatoms. The van der Waals surface area contributed by atoms with E-state index in [0.29, 0.717) is 12.3 Å². The second kappa shape index (κ2) is 4.32. The summed E-state index contributed by atoms with van der Waals surface area (Å²) >= 11 is 3.43. The number of nitrogens with two attached hydrogens (primary N) is 1. The molecule has 0 bridgehead atoms. The molecule has 0 fully saturated rings. The fourth-order valence-corrected chi connectivity index (χ4v) is 1.77. The topological polar surface area (TPSA) is 46.2 Å². The lowest BCUT2D eigenvalue weighted by Crippen LogP contribution is -2.26. The summed E-state index contributed by atoms with van der Waals surface area (Å²) in [5, 5.41) is 9.68. The number of benzene rings is 1. The van der Waals surface area contributed by atoms with E-state index in [1.54, 1.807) is 6.07 Å². The number of rotatable bonds is 3. The van der Waals surface area contributed by atoms with Gasteiger partial charge in [0.15, 0.2) is 0 Å². The van der Waals surface area contributed by atoms with Crippen LogP contribution in [-0.4, -0.2) is 11.7 Å². The summed E-state index contributed by atoms with van der Waals surface area (Å²) in [5.74, 6) is 0.334. The smallest absolute Gasteiger partial charge is 0.119 e. The van der Waals surface area contributed by atoms with Crippen LogP contribution in [0.2, 0.25) is 0 Å². The predicted octanol–water partition coefficient (Wildman–Crippen LogP) is 2.68. The standard InChI is InChI=1S/C11H16BrNO/c1-11(2,7-13)6-8-9(12)4-3-5-10(8)14/h3-5,14H,6-7,13H2,1-2H3. The van der Waals surface area contributed by atoms with Crippen LogP contribution in [0.15, 0.2) is 22.7 Å². The van der Waals surface area contributed by atoms with E-state index in [9.17, 15) is 5.11 Å². The molecule has 0 aromatic heterocycles. The summed E-state index contributed by atoms with van der Waals surface area (Å²) in [6.45, 7) is 4.78. The molecule has 0 heterocycles. The first kappa shape index (κ1) is 11.5. The van der Waals surface area contributed by atoms with Gasteiger partial charge >= 0.3 is 0 Å². The van der Waals surface area contributed by atoms with Crippen molar-refractivity contribution in [3.05, 3.63) is 28.2 Å². The average molecular weight is 258 g/mol. The van der Waals surface area contributed by atoms with Crippen molar-refractivity contribution in [2.75, 3.05) is 6.54 Å². The van der Waals surface area contributed by atoms with Crippen molar-refractivity contribution in [2.24, 2.45) is 11.1 Å². The highest BCUT2D eigenvalue weighted by Crippen LogP contribution is 2.31. The van der Waals surface area contributed by atoms with Gasteiger partial charge in [-0.25, -0.2) is 0 Å². The summed E-state index contributed by atoms with van der Waals surface area (Å²) in [6.07, 6.45) is 0.775. The first-order valence-corrected chi connectivity index (χ1v) is 5.42. The molecule has 1 aromatic rings. The highest BCUT2D eigenvalue weighted by atomic mass is 79.9. The van der Waals surface area contributed by atoms with Crippen LogP contribution in [0.1, 0.15) is 19.4 Å². The van der Waals surface area contributed by atoms with Crippen molar-refractivity contribution in [3.63, 3.8) is 0 Å². The summed E-state index contributed by atoms with van der Waals surface area (Å²) in [5.41, 5.74) is 6.61. The molecule has 3 N–H and O–H groups in total. The predicted molar refractivity (Wildman–Crippen MR) is 62.3 cm³/mol. The third kappa shape index (κ3) is 2.72. The number of phenols is 1. The first-order valence-electron chi connectivity index (χ1n) is 4.63. The molecule has 78 valence electrons. The van der Waals surface area contributed by atoms with Crippen molar-refractivity contribution in [2.45, 2.75) is 20.3 Å². The minimum atomic E-state index is 0.0152. The van der Waals surface area contributed by atoms with E-state index in [1.807, 2.05) is 12.1 Å². The third-order valence-electron chi connectivity index (χ3n) is 2.30. The van der Waals surface area contributed by atoms with Gasteiger partial charge in [-0.1, -0.05) is 35.8 Å². The Morgan fingerprint density at radius 1 is 1.43 bits per heavy atom. The SMILES string of the molecule is CC(C)(CN)Cc1c(O)cccc1Br. The van der Waals surface area contributed by atoms with Gasteiger partial charge in [-0.2, -0.15) is 0 Å². The van der Waals surface area contributed by atoms with Crippen molar-refractivity contribution in [3.8, 4) is 5.75 Å². The van der Waals surface area contributed by atoms with E-state index in [0.717, 1.165) is 16.5 Å². The second-order valence-corrected chi connectivity index (χ2v) is 5.14. The lowest BCUT2D eigenvalue weighted by Gasteiger charge is -2.23. The number of halogens is 1. The van der Waals surface area contributed by atoms with Gasteiger partial charge in [-0.05, 0) is 30.5 Å². The number of hydrogen-bond acceptors (Lipinski definition) is 2. The summed E-state index contributed by atoms with van der Waals surface area (Å²) in [6, 6.07) is 5.45. The lowest BCUT2D eigenvalue weighted by atomic mass is 9.86. The van der Waals surface area contributed by atoms with E-state index < -0.39 is 0 Å². The molecule has 0 aliphatic rings. The van der Waals surface area contributed by atoms with Crippen LogP contribution < -0.4 is 5.73 Å². The van der Waals surface area contributed by atoms with Crippen LogP contribution in [0.5, 0.6) is 5.75 Å². The quantitative estimate of drug-likeness (QED) is 0.875. The molecule has 0 saturated heterocycles. The van der Waals surface area contributed by atoms with Crippen LogP contribution in [0.3, 0.4) is 0 Å². The van der Waals surface area contributed by atoms with Gasteiger partial charge < -0.3 is 10.8 Å². The molecular formula is C11H16BrNO. The molecule has 0 aliphatic carbocycles. The fraction of sp³-hybridized carbons (Fsp3) is 0.455. The molecule has 0 spiro atoms. The zero-order valence-corrected chi connectivity index (χ0v) is 10.1. The monoisotopic (exact) mass is 257 g/mol. The summed E-state index contributed by atoms with van der Waals surface area (Å²) in [7, 11) is 0. The maximum absolute atomic E-state index is 9.68. The Hall–Kier alpha value is -0.540. The van der Waals surface area contributed by atoms with Gasteiger partial charge in [0.2, 0.25) is 0 Å². The Bertz CT molecular complexity index is 303. The van der Waals surface area contributed by atoms with Gasteiger partial charge in [0.1, 0.15) is 5.75 Å². The van der Waals surface area contributed by atoms with E-state index >= 15 is 0 Å². The maximum Gasteiger partial charge on any atom is 0.119 e. The Kier molecular flexibility index (Phi) is 3.56. The Morgan fingerprint density at radius 2 is 2.07 bits per heavy atom. The number of hydrogen-bond donors (Lipinski definition) is 2. The van der Waals surface area contributed by atoms with E-state index in [4.69, 9.17) is 5.73 Å². The molecule has 0 atom stereocenters. The number of phenolic OH excluding ortho intramolecular Hbond substituents is 1. The molecule has 0 amide bonds. The molecule has 1 rings (SSSR count). The summed E-state index contributed by atoms with van der Waals surface area (Å²) in [4.78, 5) is 0. The fourth-order valence-electron chi connectivity index (χ4n) is 1.27. The highest BCUT2D eigenvalue weighted by molar-refractivity contribution is 9.10. The minimum Gasteiger partial charge on any atom is -0.508 e. The first-order chi connectivity index (χ1) is 6.46. The third-order valence-corrected chi connectivity index (χ3v) is 3.04. The van der Waals surface area contributed by atoms with Gasteiger partial charge in [0, 0.05) is 10.0 Å². The van der Waals surface area contributed by atoms with E-state index in [1.165, 1.54) is 0 Å².